The molecule has 140 valence electrons. The average Bonchev–Trinajstić information content (AvgIpc) is 3.07. The van der Waals surface area contributed by atoms with Crippen LogP contribution in [0, 0.1) is 0 Å². The van der Waals surface area contributed by atoms with Gasteiger partial charge in [-0.15, -0.1) is 11.3 Å². The van der Waals surface area contributed by atoms with Crippen LogP contribution in [0.1, 0.15) is 15.9 Å². The summed E-state index contributed by atoms with van der Waals surface area (Å²) in [6, 6.07) is 14.0. The summed E-state index contributed by atoms with van der Waals surface area (Å²) in [5, 5.41) is 15.8. The molecular formula is C20H16Cl2FNO2S. The van der Waals surface area contributed by atoms with Crippen LogP contribution in [0.25, 0.3) is 11.1 Å². The second-order valence-electron chi connectivity index (χ2n) is 5.94. The van der Waals surface area contributed by atoms with E-state index >= 15 is 0 Å². The molecule has 1 unspecified atom stereocenters. The number of hydrogen-bond donors (Lipinski definition) is 2. The minimum Gasteiger partial charge on any atom is -0.478 e. The van der Waals surface area contributed by atoms with Crippen LogP contribution in [-0.4, -0.2) is 23.8 Å². The molecule has 0 aliphatic carbocycles. The van der Waals surface area contributed by atoms with Crippen molar-refractivity contribution in [3.05, 3.63) is 75.1 Å². The van der Waals surface area contributed by atoms with E-state index in [1.54, 1.807) is 47.8 Å². The third kappa shape index (κ3) is 4.80. The molecule has 0 spiro atoms. The van der Waals surface area contributed by atoms with Crippen LogP contribution >= 0.6 is 34.5 Å². The van der Waals surface area contributed by atoms with Crippen LogP contribution in [0.2, 0.25) is 10.0 Å². The maximum atomic E-state index is 14.4. The van der Waals surface area contributed by atoms with Crippen LogP contribution in [0.3, 0.4) is 0 Å². The number of carboxylic acids is 1. The van der Waals surface area contributed by atoms with E-state index in [2.05, 4.69) is 5.32 Å². The highest BCUT2D eigenvalue weighted by atomic mass is 35.5. The minimum atomic E-state index is -1.20. The molecule has 0 bridgehead atoms. The highest BCUT2D eigenvalue weighted by Crippen LogP contribution is 2.36. The first-order valence-electron chi connectivity index (χ1n) is 8.17. The SMILES string of the molecule is O=C(O)c1c(-c2ccc(Cl)cc2)csc1NCC(F)Cc1ccccc1Cl. The van der Waals surface area contributed by atoms with E-state index in [1.165, 1.54) is 11.3 Å². The van der Waals surface area contributed by atoms with Crippen molar-refractivity contribution >= 4 is 45.5 Å². The molecular weight excluding hydrogens is 408 g/mol. The van der Waals surface area contributed by atoms with Gasteiger partial charge < -0.3 is 10.4 Å². The Morgan fingerprint density at radius 1 is 1.15 bits per heavy atom. The van der Waals surface area contributed by atoms with Gasteiger partial charge in [-0.2, -0.15) is 0 Å². The molecule has 0 aliphatic rings. The number of thiophene rings is 1. The van der Waals surface area contributed by atoms with Crippen molar-refractivity contribution < 1.29 is 14.3 Å². The van der Waals surface area contributed by atoms with Gasteiger partial charge in [0.2, 0.25) is 0 Å². The lowest BCUT2D eigenvalue weighted by Crippen LogP contribution is -2.18. The molecule has 0 saturated carbocycles. The van der Waals surface area contributed by atoms with Crippen LogP contribution in [0.15, 0.2) is 53.9 Å². The van der Waals surface area contributed by atoms with Crippen molar-refractivity contribution in [2.24, 2.45) is 0 Å². The van der Waals surface area contributed by atoms with Crippen LogP contribution in [0.5, 0.6) is 0 Å². The van der Waals surface area contributed by atoms with E-state index < -0.39 is 12.1 Å². The fourth-order valence-corrected chi connectivity index (χ4v) is 4.03. The zero-order valence-electron chi connectivity index (χ0n) is 14.1. The number of halogens is 3. The maximum absolute atomic E-state index is 14.4. The number of hydrogen-bond acceptors (Lipinski definition) is 3. The molecule has 0 amide bonds. The standard InChI is InChI=1S/C20H16Cl2FNO2S/c21-14-7-5-12(6-8-14)16-11-27-19(18(16)20(25)26)24-10-15(23)9-13-3-1-2-4-17(13)22/h1-8,11,15,24H,9-10H2,(H,25,26). The zero-order valence-corrected chi connectivity index (χ0v) is 16.4. The van der Waals surface area contributed by atoms with E-state index in [0.29, 0.717) is 20.6 Å². The largest absolute Gasteiger partial charge is 0.478 e. The number of carbonyl (C=O) groups is 1. The zero-order chi connectivity index (χ0) is 19.4. The molecule has 3 aromatic rings. The summed E-state index contributed by atoms with van der Waals surface area (Å²) in [6.45, 7) is -0.00786. The van der Waals surface area contributed by atoms with Crippen LogP contribution < -0.4 is 5.32 Å². The van der Waals surface area contributed by atoms with Crippen molar-refractivity contribution in [1.82, 2.24) is 0 Å². The number of nitrogens with one attached hydrogen (secondary N) is 1. The molecule has 1 atom stereocenters. The quantitative estimate of drug-likeness (QED) is 0.461. The third-order valence-electron chi connectivity index (χ3n) is 4.04. The summed E-state index contributed by atoms with van der Waals surface area (Å²) in [5.74, 6) is -1.06. The summed E-state index contributed by atoms with van der Waals surface area (Å²) in [4.78, 5) is 11.8. The predicted molar refractivity (Wildman–Crippen MR) is 110 cm³/mol. The monoisotopic (exact) mass is 423 g/mol. The second-order valence-corrected chi connectivity index (χ2v) is 7.66. The fourth-order valence-electron chi connectivity index (χ4n) is 2.72. The molecule has 1 aromatic heterocycles. The summed E-state index contributed by atoms with van der Waals surface area (Å²) in [6.07, 6.45) is -1.04. The van der Waals surface area contributed by atoms with Crippen molar-refractivity contribution in [1.29, 1.82) is 0 Å². The normalized spacial score (nSPS) is 12.0. The minimum absolute atomic E-state index is 0.00786. The smallest absolute Gasteiger partial charge is 0.339 e. The van der Waals surface area contributed by atoms with Gasteiger partial charge in [0.05, 0.1) is 0 Å². The van der Waals surface area contributed by atoms with Gasteiger partial charge in [-0.1, -0.05) is 53.5 Å². The van der Waals surface area contributed by atoms with Gasteiger partial charge in [0.25, 0.3) is 0 Å². The Labute approximate surface area is 170 Å². The Kier molecular flexibility index (Phi) is 6.37. The number of aromatic carboxylic acids is 1. The number of anilines is 1. The molecule has 7 heteroatoms. The first-order chi connectivity index (χ1) is 13.0. The Hall–Kier alpha value is -2.08. The lowest BCUT2D eigenvalue weighted by Gasteiger charge is -2.12. The number of alkyl halides is 1. The molecule has 0 fully saturated rings. The molecule has 2 aromatic carbocycles. The average molecular weight is 424 g/mol. The van der Waals surface area contributed by atoms with E-state index in [0.717, 1.165) is 11.1 Å². The van der Waals surface area contributed by atoms with Gasteiger partial charge in [-0.25, -0.2) is 9.18 Å². The third-order valence-corrected chi connectivity index (χ3v) is 5.60. The first-order valence-corrected chi connectivity index (χ1v) is 9.81. The summed E-state index contributed by atoms with van der Waals surface area (Å²) < 4.78 is 14.4. The van der Waals surface area contributed by atoms with Crippen LogP contribution in [0.4, 0.5) is 9.39 Å². The molecule has 0 saturated heterocycles. The topological polar surface area (TPSA) is 49.3 Å². The number of carboxylic acid groups (broad SMARTS) is 1. The molecule has 2 N–H and O–H groups in total. The lowest BCUT2D eigenvalue weighted by molar-refractivity contribution is 0.0699. The molecule has 0 aliphatic heterocycles. The molecule has 3 nitrogen and oxygen atoms in total. The van der Waals surface area contributed by atoms with Gasteiger partial charge in [0.1, 0.15) is 16.7 Å². The van der Waals surface area contributed by atoms with E-state index in [1.807, 2.05) is 6.07 Å². The van der Waals surface area contributed by atoms with Crippen molar-refractivity contribution in [2.75, 3.05) is 11.9 Å². The second kappa shape index (κ2) is 8.74. The van der Waals surface area contributed by atoms with Gasteiger partial charge in [-0.3, -0.25) is 0 Å². The Morgan fingerprint density at radius 3 is 2.52 bits per heavy atom. The van der Waals surface area contributed by atoms with E-state index in [9.17, 15) is 14.3 Å². The highest BCUT2D eigenvalue weighted by Gasteiger charge is 2.20. The fraction of sp³-hybridized carbons (Fsp3) is 0.150. The Morgan fingerprint density at radius 2 is 1.85 bits per heavy atom. The molecule has 3 rings (SSSR count). The van der Waals surface area contributed by atoms with Gasteiger partial charge in [0.15, 0.2) is 0 Å². The summed E-state index contributed by atoms with van der Waals surface area (Å²) in [7, 11) is 0. The molecule has 27 heavy (non-hydrogen) atoms. The predicted octanol–water partition coefficient (Wildman–Crippen LogP) is 6.41. The number of benzene rings is 2. The van der Waals surface area contributed by atoms with Crippen molar-refractivity contribution in [2.45, 2.75) is 12.6 Å². The maximum Gasteiger partial charge on any atom is 0.339 e. The highest BCUT2D eigenvalue weighted by molar-refractivity contribution is 7.15. The first kappa shape index (κ1) is 19.7. The van der Waals surface area contributed by atoms with E-state index in [-0.39, 0.29) is 18.5 Å². The number of rotatable bonds is 7. The van der Waals surface area contributed by atoms with Gasteiger partial charge in [0, 0.05) is 34.0 Å². The lowest BCUT2D eigenvalue weighted by atomic mass is 10.0. The van der Waals surface area contributed by atoms with Gasteiger partial charge in [-0.05, 0) is 29.3 Å². The van der Waals surface area contributed by atoms with Crippen molar-refractivity contribution in [3.8, 4) is 11.1 Å². The van der Waals surface area contributed by atoms with Crippen LogP contribution in [-0.2, 0) is 6.42 Å². The Balaban J connectivity index is 1.74. The molecule has 0 radical (unpaired) electrons. The Bertz CT molecular complexity index is 943. The summed E-state index contributed by atoms with van der Waals surface area (Å²) >= 11 is 13.2. The van der Waals surface area contributed by atoms with Gasteiger partial charge >= 0.3 is 5.97 Å². The summed E-state index contributed by atoms with van der Waals surface area (Å²) in [5.41, 5.74) is 2.18. The van der Waals surface area contributed by atoms with E-state index in [4.69, 9.17) is 23.2 Å². The van der Waals surface area contributed by atoms with Crippen molar-refractivity contribution in [3.63, 3.8) is 0 Å². The molecule has 1 heterocycles.